The molecule has 10 radical (unpaired) electrons. The van der Waals surface area contributed by atoms with Crippen LogP contribution in [0.3, 0.4) is 0 Å². The highest BCUT2D eigenvalue weighted by Crippen LogP contribution is 2.34. The van der Waals surface area contributed by atoms with E-state index < -0.39 is 0 Å². The van der Waals surface area contributed by atoms with Crippen LogP contribution in [0.25, 0.3) is 44.6 Å². The van der Waals surface area contributed by atoms with Crippen LogP contribution in [0.4, 0.5) is 0 Å². The predicted molar refractivity (Wildman–Crippen MR) is 132 cm³/mol. The van der Waals surface area contributed by atoms with Gasteiger partial charge < -0.3 is 4.42 Å². The summed E-state index contributed by atoms with van der Waals surface area (Å²) in [6.07, 6.45) is 0. The number of hydrogen-bond acceptors (Lipinski definition) is 3. The first-order chi connectivity index (χ1) is 14.9. The highest BCUT2D eigenvalue weighted by atomic mass is 16.3. The summed E-state index contributed by atoms with van der Waals surface area (Å²) >= 11 is 0. The summed E-state index contributed by atoms with van der Waals surface area (Å²) in [6, 6.07) is 15.5. The number of aryl methyl sites for hydroxylation is 1. The molecular weight excluding hydrogens is 374 g/mol. The fraction of sp³-hybridized carbons (Fsp3) is 0.0435. The van der Waals surface area contributed by atoms with Crippen molar-refractivity contribution < 1.29 is 4.42 Å². The van der Waals surface area contributed by atoms with E-state index in [2.05, 4.69) is 4.98 Å². The Morgan fingerprint density at radius 3 is 2.10 bits per heavy atom. The Kier molecular flexibility index (Phi) is 4.62. The molecule has 0 aliphatic carbocycles. The molecule has 5 aromatic rings. The number of furan rings is 1. The Morgan fingerprint density at radius 1 is 0.710 bits per heavy atom. The van der Waals surface area contributed by atoms with Crippen LogP contribution in [0.5, 0.6) is 0 Å². The van der Waals surface area contributed by atoms with Gasteiger partial charge in [0.1, 0.15) is 50.4 Å². The first kappa shape index (κ1) is 19.8. The quantitative estimate of drug-likeness (QED) is 0.401. The zero-order valence-corrected chi connectivity index (χ0v) is 16.8. The van der Waals surface area contributed by atoms with Gasteiger partial charge in [0.25, 0.3) is 0 Å². The van der Waals surface area contributed by atoms with Gasteiger partial charge in [0, 0.05) is 16.5 Å². The average Bonchev–Trinajstić information content (AvgIpc) is 3.15. The second-order valence-corrected chi connectivity index (χ2v) is 7.44. The lowest BCUT2D eigenvalue weighted by Gasteiger charge is -2.21. The largest absolute Gasteiger partial charge is 0.455 e. The zero-order chi connectivity index (χ0) is 21.9. The molecule has 0 saturated heterocycles. The molecule has 5 rings (SSSR count). The van der Waals surface area contributed by atoms with Gasteiger partial charge in [0.15, 0.2) is 5.82 Å². The van der Waals surface area contributed by atoms with Crippen molar-refractivity contribution in [2.45, 2.75) is 6.92 Å². The van der Waals surface area contributed by atoms with Crippen LogP contribution in [-0.4, -0.2) is 49.2 Å². The average molecular weight is 385 g/mol. The first-order valence-corrected chi connectivity index (χ1v) is 9.64. The van der Waals surface area contributed by atoms with Crippen molar-refractivity contribution in [1.29, 1.82) is 0 Å². The molecule has 2 heterocycles. The zero-order valence-electron chi connectivity index (χ0n) is 16.8. The van der Waals surface area contributed by atoms with Gasteiger partial charge in [-0.2, -0.15) is 0 Å². The van der Waals surface area contributed by atoms with Gasteiger partial charge in [-0.25, -0.2) is 9.97 Å². The summed E-state index contributed by atoms with van der Waals surface area (Å²) in [6.45, 7) is 1.86. The second kappa shape index (κ2) is 7.23. The number of para-hydroxylation sites is 2. The fourth-order valence-electron chi connectivity index (χ4n) is 3.87. The van der Waals surface area contributed by atoms with Gasteiger partial charge in [0.05, 0.1) is 11.3 Å². The summed E-state index contributed by atoms with van der Waals surface area (Å²) in [5.74, 6) is 0.479. The SMILES string of the molecule is [B]c1c([B])c([B])c(-c2cc(C)nc(-c3cccc4c3oc3ccccc34)n2)c([B])c1[B]. The molecule has 0 atom stereocenters. The summed E-state index contributed by atoms with van der Waals surface area (Å²) in [5.41, 5.74) is 4.91. The van der Waals surface area contributed by atoms with E-state index in [-0.39, 0.29) is 27.3 Å². The Hall–Kier alpha value is -3.14. The number of rotatable bonds is 2. The third-order valence-electron chi connectivity index (χ3n) is 5.45. The maximum atomic E-state index is 6.25. The minimum atomic E-state index is 0.164. The number of hydrogen-bond donors (Lipinski definition) is 0. The van der Waals surface area contributed by atoms with E-state index in [9.17, 15) is 0 Å². The predicted octanol–water partition coefficient (Wildman–Crippen LogP) is -0.0126. The standard InChI is InChI=1S/C23H11B5N2O/c1-10-9-14(16-17(24)19(26)21(28)20(27)18(16)25)30-23(29-10)13-7-4-6-12-11-5-2-3-8-15(11)31-22(12)13/h2-9H,1H3. The third kappa shape index (κ3) is 3.04. The number of fused-ring (bicyclic) bond motifs is 3. The van der Waals surface area contributed by atoms with Crippen LogP contribution in [0.15, 0.2) is 52.9 Å². The maximum Gasteiger partial charge on any atom is 0.163 e. The van der Waals surface area contributed by atoms with Gasteiger partial charge in [-0.1, -0.05) is 41.3 Å². The van der Waals surface area contributed by atoms with Crippen LogP contribution >= 0.6 is 0 Å². The topological polar surface area (TPSA) is 38.9 Å². The van der Waals surface area contributed by atoms with E-state index in [1.165, 1.54) is 0 Å². The van der Waals surface area contributed by atoms with Crippen molar-refractivity contribution in [3.63, 3.8) is 0 Å². The molecule has 8 heteroatoms. The highest BCUT2D eigenvalue weighted by molar-refractivity contribution is 6.68. The van der Waals surface area contributed by atoms with E-state index in [0.29, 0.717) is 22.7 Å². The summed E-state index contributed by atoms with van der Waals surface area (Å²) in [5, 5.41) is 2.01. The van der Waals surface area contributed by atoms with Crippen LogP contribution in [-0.2, 0) is 0 Å². The number of nitrogens with zero attached hydrogens (tertiary/aromatic N) is 2. The molecular formula is C23H11B5N2O. The molecule has 3 aromatic carbocycles. The lowest BCUT2D eigenvalue weighted by atomic mass is 9.60. The maximum absolute atomic E-state index is 6.25. The molecule has 134 valence electrons. The summed E-state index contributed by atoms with van der Waals surface area (Å²) < 4.78 is 6.14. The molecule has 0 saturated carbocycles. The summed E-state index contributed by atoms with van der Waals surface area (Å²) in [7, 11) is 30.5. The van der Waals surface area contributed by atoms with Crippen LogP contribution in [0.1, 0.15) is 5.69 Å². The molecule has 0 aliphatic heterocycles. The fourth-order valence-corrected chi connectivity index (χ4v) is 3.87. The van der Waals surface area contributed by atoms with Crippen molar-refractivity contribution in [2.24, 2.45) is 0 Å². The minimum Gasteiger partial charge on any atom is -0.455 e. The van der Waals surface area contributed by atoms with Crippen LogP contribution in [0, 0.1) is 6.92 Å². The second-order valence-electron chi connectivity index (χ2n) is 7.44. The number of aromatic nitrogens is 2. The molecule has 0 N–H and O–H groups in total. The van der Waals surface area contributed by atoms with Gasteiger partial charge in [0.2, 0.25) is 0 Å². The van der Waals surface area contributed by atoms with Crippen LogP contribution in [0.2, 0.25) is 0 Å². The minimum absolute atomic E-state index is 0.164. The van der Waals surface area contributed by atoms with Gasteiger partial charge in [-0.3, -0.25) is 0 Å². The Labute approximate surface area is 186 Å². The van der Waals surface area contributed by atoms with Crippen molar-refractivity contribution in [2.75, 3.05) is 0 Å². The molecule has 0 unspecified atom stereocenters. The molecule has 31 heavy (non-hydrogen) atoms. The lowest BCUT2D eigenvalue weighted by molar-refractivity contribution is 0.669. The monoisotopic (exact) mass is 386 g/mol. The molecule has 0 bridgehead atoms. The Bertz CT molecular complexity index is 1480. The van der Waals surface area contributed by atoms with Gasteiger partial charge in [-0.15, -0.1) is 16.4 Å². The molecule has 3 nitrogen and oxygen atoms in total. The van der Waals surface area contributed by atoms with Crippen molar-refractivity contribution in [1.82, 2.24) is 9.97 Å². The number of benzene rings is 3. The third-order valence-corrected chi connectivity index (χ3v) is 5.45. The van der Waals surface area contributed by atoms with E-state index in [1.54, 1.807) is 6.07 Å². The smallest absolute Gasteiger partial charge is 0.163 e. The Balaban J connectivity index is 1.79. The molecule has 0 aliphatic rings. The first-order valence-electron chi connectivity index (χ1n) is 9.64. The van der Waals surface area contributed by atoms with Crippen molar-refractivity contribution in [3.8, 4) is 22.6 Å². The summed E-state index contributed by atoms with van der Waals surface area (Å²) in [4.78, 5) is 9.38. The van der Waals surface area contributed by atoms with Gasteiger partial charge in [-0.05, 0) is 30.7 Å². The molecule has 2 aromatic heterocycles. The highest BCUT2D eigenvalue weighted by Gasteiger charge is 2.18. The van der Waals surface area contributed by atoms with Crippen molar-refractivity contribution in [3.05, 3.63) is 54.2 Å². The molecule has 0 amide bonds. The van der Waals surface area contributed by atoms with Crippen molar-refractivity contribution >= 4 is 88.5 Å². The Morgan fingerprint density at radius 2 is 1.35 bits per heavy atom. The molecule has 0 fully saturated rings. The van der Waals surface area contributed by atoms with Gasteiger partial charge >= 0.3 is 0 Å². The normalized spacial score (nSPS) is 11.4. The van der Waals surface area contributed by atoms with E-state index >= 15 is 0 Å². The molecule has 0 spiro atoms. The van der Waals surface area contributed by atoms with E-state index in [1.807, 2.05) is 49.4 Å². The lowest BCUT2D eigenvalue weighted by Crippen LogP contribution is -2.55. The van der Waals surface area contributed by atoms with E-state index in [0.717, 1.165) is 27.6 Å². The van der Waals surface area contributed by atoms with Crippen LogP contribution < -0.4 is 27.3 Å². The van der Waals surface area contributed by atoms with E-state index in [4.69, 9.17) is 48.6 Å².